The average molecular weight is 378 g/mol. The maximum absolute atomic E-state index is 12.9. The van der Waals surface area contributed by atoms with Gasteiger partial charge in [-0.3, -0.25) is 14.2 Å². The van der Waals surface area contributed by atoms with Gasteiger partial charge in [0, 0.05) is 41.4 Å². The van der Waals surface area contributed by atoms with Crippen molar-refractivity contribution in [2.45, 2.75) is 39.7 Å². The highest BCUT2D eigenvalue weighted by molar-refractivity contribution is 6.30. The Balaban J connectivity index is 2.47. The summed E-state index contributed by atoms with van der Waals surface area (Å²) in [5.74, 6) is 0.174. The first kappa shape index (κ1) is 20.1. The van der Waals surface area contributed by atoms with Gasteiger partial charge in [0.15, 0.2) is 0 Å². The van der Waals surface area contributed by atoms with E-state index >= 15 is 0 Å². The zero-order chi connectivity index (χ0) is 19.1. The van der Waals surface area contributed by atoms with E-state index in [1.165, 1.54) is 4.57 Å². The Morgan fingerprint density at radius 2 is 2.00 bits per heavy atom. The molecule has 1 amide bonds. The number of amides is 1. The summed E-state index contributed by atoms with van der Waals surface area (Å²) in [5, 5.41) is 12.6. The maximum Gasteiger partial charge on any atom is 0.257 e. The highest BCUT2D eigenvalue weighted by Gasteiger charge is 2.17. The molecule has 0 unspecified atom stereocenters. The molecule has 7 heteroatoms. The van der Waals surface area contributed by atoms with Crippen molar-refractivity contribution < 1.29 is 9.90 Å². The third-order valence-corrected chi connectivity index (χ3v) is 4.34. The number of rotatable bonds is 8. The molecule has 0 aliphatic carbocycles. The van der Waals surface area contributed by atoms with Gasteiger partial charge in [0.25, 0.3) is 5.56 Å². The Hall–Kier alpha value is -2.18. The number of aromatic nitrogens is 2. The zero-order valence-corrected chi connectivity index (χ0v) is 15.8. The molecule has 1 aromatic carbocycles. The normalized spacial score (nSPS) is 10.8. The Morgan fingerprint density at radius 1 is 1.31 bits per heavy atom. The van der Waals surface area contributed by atoms with Crippen LogP contribution in [-0.2, 0) is 17.8 Å². The van der Waals surface area contributed by atoms with Crippen LogP contribution >= 0.6 is 11.6 Å². The highest BCUT2D eigenvalue weighted by atomic mass is 35.5. The number of hydrogen-bond donors (Lipinski definition) is 2. The molecule has 140 valence electrons. The molecule has 0 saturated carbocycles. The van der Waals surface area contributed by atoms with E-state index in [0.29, 0.717) is 34.2 Å². The van der Waals surface area contributed by atoms with Crippen LogP contribution in [0.4, 0.5) is 0 Å². The van der Waals surface area contributed by atoms with Gasteiger partial charge in [-0.2, -0.15) is 0 Å². The average Bonchev–Trinajstić information content (AvgIpc) is 2.62. The second-order valence-electron chi connectivity index (χ2n) is 6.07. The second-order valence-corrected chi connectivity index (χ2v) is 6.51. The van der Waals surface area contributed by atoms with Gasteiger partial charge >= 0.3 is 0 Å². The number of hydrogen-bond acceptors (Lipinski definition) is 4. The monoisotopic (exact) mass is 377 g/mol. The maximum atomic E-state index is 12.9. The summed E-state index contributed by atoms with van der Waals surface area (Å²) in [7, 11) is 0. The number of nitrogens with one attached hydrogen (secondary N) is 1. The predicted octanol–water partition coefficient (Wildman–Crippen LogP) is 2.32. The van der Waals surface area contributed by atoms with E-state index in [1.807, 2.05) is 6.92 Å². The first-order valence-electron chi connectivity index (χ1n) is 8.71. The molecule has 0 saturated heterocycles. The van der Waals surface area contributed by atoms with Gasteiger partial charge in [0.2, 0.25) is 5.91 Å². The summed E-state index contributed by atoms with van der Waals surface area (Å²) in [6, 6.07) is 6.96. The molecule has 1 aromatic heterocycles. The largest absolute Gasteiger partial charge is 0.396 e. The molecule has 2 N–H and O–H groups in total. The van der Waals surface area contributed by atoms with Crippen molar-refractivity contribution in [3.05, 3.63) is 50.9 Å². The Kier molecular flexibility index (Phi) is 7.36. The first-order chi connectivity index (χ1) is 12.5. The van der Waals surface area contributed by atoms with E-state index in [4.69, 9.17) is 11.6 Å². The molecular weight excluding hydrogens is 354 g/mol. The molecule has 2 aromatic rings. The van der Waals surface area contributed by atoms with Gasteiger partial charge in [-0.15, -0.1) is 0 Å². The Morgan fingerprint density at radius 3 is 2.62 bits per heavy atom. The summed E-state index contributed by atoms with van der Waals surface area (Å²) in [4.78, 5) is 29.7. The minimum Gasteiger partial charge on any atom is -0.396 e. The van der Waals surface area contributed by atoms with Gasteiger partial charge in [0.1, 0.15) is 12.4 Å². The molecule has 2 rings (SSSR count). The summed E-state index contributed by atoms with van der Waals surface area (Å²) in [6.45, 7) is 4.08. The predicted molar refractivity (Wildman–Crippen MR) is 102 cm³/mol. The standard InChI is InChI=1S/C19H24ClN3O3/c1-3-4-10-21-17(25)12-23-18(14-5-7-15(20)8-6-14)22-13(2)16(9-11-24)19(23)26/h5-8,24H,3-4,9-12H2,1-2H3,(H,21,25). The molecule has 1 heterocycles. The fourth-order valence-electron chi connectivity index (χ4n) is 2.67. The SMILES string of the molecule is CCCCNC(=O)Cn1c(-c2ccc(Cl)cc2)nc(C)c(CCO)c1=O. The fraction of sp³-hybridized carbons (Fsp3) is 0.421. The van der Waals surface area contributed by atoms with Crippen LogP contribution < -0.4 is 10.9 Å². The van der Waals surface area contributed by atoms with Gasteiger partial charge in [-0.25, -0.2) is 4.98 Å². The molecule has 0 bridgehead atoms. The highest BCUT2D eigenvalue weighted by Crippen LogP contribution is 2.20. The van der Waals surface area contributed by atoms with Crippen LogP contribution in [0.1, 0.15) is 31.0 Å². The number of carbonyl (C=O) groups is 1. The van der Waals surface area contributed by atoms with E-state index < -0.39 is 0 Å². The van der Waals surface area contributed by atoms with Crippen LogP contribution in [0.5, 0.6) is 0 Å². The number of aliphatic hydroxyl groups is 1. The topological polar surface area (TPSA) is 84.2 Å². The quantitative estimate of drug-likeness (QED) is 0.691. The second kappa shape index (κ2) is 9.50. The molecule has 0 aliphatic heterocycles. The van der Waals surface area contributed by atoms with Gasteiger partial charge < -0.3 is 10.4 Å². The number of carbonyl (C=O) groups excluding carboxylic acids is 1. The molecule has 0 fully saturated rings. The first-order valence-corrected chi connectivity index (χ1v) is 9.09. The molecule has 0 atom stereocenters. The van der Waals surface area contributed by atoms with Crippen molar-refractivity contribution in [1.82, 2.24) is 14.9 Å². The molecule has 0 aliphatic rings. The smallest absolute Gasteiger partial charge is 0.257 e. The summed E-state index contributed by atoms with van der Waals surface area (Å²) in [5.41, 5.74) is 1.37. The lowest BCUT2D eigenvalue weighted by Crippen LogP contribution is -2.36. The molecule has 6 nitrogen and oxygen atoms in total. The Labute approximate surface area is 157 Å². The number of unbranched alkanes of at least 4 members (excludes halogenated alkanes) is 1. The van der Waals surface area contributed by atoms with Gasteiger partial charge in [0.05, 0.1) is 0 Å². The van der Waals surface area contributed by atoms with E-state index in [9.17, 15) is 14.7 Å². The van der Waals surface area contributed by atoms with Crippen LogP contribution in [0.3, 0.4) is 0 Å². The number of nitrogens with zero attached hydrogens (tertiary/aromatic N) is 2. The zero-order valence-electron chi connectivity index (χ0n) is 15.1. The molecule has 0 radical (unpaired) electrons. The lowest BCUT2D eigenvalue weighted by atomic mass is 10.1. The van der Waals surface area contributed by atoms with Crippen LogP contribution in [0.25, 0.3) is 11.4 Å². The lowest BCUT2D eigenvalue weighted by molar-refractivity contribution is -0.121. The fourth-order valence-corrected chi connectivity index (χ4v) is 2.80. The van der Waals surface area contributed by atoms with Crippen molar-refractivity contribution in [1.29, 1.82) is 0 Å². The molecular formula is C19H24ClN3O3. The molecule has 0 spiro atoms. The summed E-state index contributed by atoms with van der Waals surface area (Å²) >= 11 is 5.94. The van der Waals surface area contributed by atoms with Crippen LogP contribution in [0.2, 0.25) is 5.02 Å². The van der Waals surface area contributed by atoms with Gasteiger partial charge in [-0.1, -0.05) is 24.9 Å². The van der Waals surface area contributed by atoms with E-state index in [1.54, 1.807) is 31.2 Å². The van der Waals surface area contributed by atoms with Crippen molar-refractivity contribution in [2.75, 3.05) is 13.2 Å². The lowest BCUT2D eigenvalue weighted by Gasteiger charge is -2.16. The van der Waals surface area contributed by atoms with Crippen LogP contribution in [0, 0.1) is 6.92 Å². The molecule has 26 heavy (non-hydrogen) atoms. The number of halogens is 1. The summed E-state index contributed by atoms with van der Waals surface area (Å²) < 4.78 is 1.36. The van der Waals surface area contributed by atoms with E-state index in [0.717, 1.165) is 12.8 Å². The number of aliphatic hydroxyl groups excluding tert-OH is 1. The minimum atomic E-state index is -0.304. The van der Waals surface area contributed by atoms with Crippen molar-refractivity contribution in [3.63, 3.8) is 0 Å². The van der Waals surface area contributed by atoms with Crippen molar-refractivity contribution in [3.8, 4) is 11.4 Å². The van der Waals surface area contributed by atoms with Crippen LogP contribution in [-0.4, -0.2) is 33.7 Å². The Bertz CT molecular complexity index is 816. The number of benzene rings is 1. The van der Waals surface area contributed by atoms with Crippen LogP contribution in [0.15, 0.2) is 29.1 Å². The summed E-state index contributed by atoms with van der Waals surface area (Å²) in [6.07, 6.45) is 2.06. The van der Waals surface area contributed by atoms with Gasteiger partial charge in [-0.05, 0) is 37.6 Å². The van der Waals surface area contributed by atoms with Crippen molar-refractivity contribution >= 4 is 17.5 Å². The minimum absolute atomic E-state index is 0.119. The third kappa shape index (κ3) is 4.93. The number of aryl methyl sites for hydroxylation is 1. The van der Waals surface area contributed by atoms with Crippen molar-refractivity contribution in [2.24, 2.45) is 0 Å². The van der Waals surface area contributed by atoms with E-state index in [-0.39, 0.29) is 31.0 Å². The third-order valence-electron chi connectivity index (χ3n) is 4.09. The van der Waals surface area contributed by atoms with E-state index in [2.05, 4.69) is 10.3 Å².